The first-order valence-electron chi connectivity index (χ1n) is 10.4. The van der Waals surface area contributed by atoms with Crippen molar-refractivity contribution in [3.05, 3.63) is 46.7 Å². The molecule has 1 amide bonds. The average molecular weight is 402 g/mol. The number of halogens is 1. The van der Waals surface area contributed by atoms with Crippen molar-refractivity contribution in [2.75, 3.05) is 31.2 Å². The summed E-state index contributed by atoms with van der Waals surface area (Å²) in [6, 6.07) is 2.25. The largest absolute Gasteiger partial charge is 0.377 e. The molecule has 1 aliphatic carbocycles. The van der Waals surface area contributed by atoms with Crippen LogP contribution in [0.4, 0.5) is 10.2 Å². The molecule has 5 nitrogen and oxygen atoms in total. The Balaban J connectivity index is 1.81. The second-order valence-electron chi connectivity index (χ2n) is 8.42. The van der Waals surface area contributed by atoms with E-state index in [1.807, 2.05) is 26.0 Å². The lowest BCUT2D eigenvalue weighted by atomic mass is 9.95. The molecule has 1 fully saturated rings. The molecule has 3 unspecified atom stereocenters. The van der Waals surface area contributed by atoms with Gasteiger partial charge in [-0.05, 0) is 43.0 Å². The molecule has 6 heteroatoms. The van der Waals surface area contributed by atoms with E-state index in [0.717, 1.165) is 29.2 Å². The van der Waals surface area contributed by atoms with Crippen molar-refractivity contribution in [3.63, 3.8) is 0 Å². The first-order chi connectivity index (χ1) is 13.8. The molecule has 1 aliphatic heterocycles. The predicted octanol–water partition coefficient (Wildman–Crippen LogP) is 3.94. The number of hydrogen-bond acceptors (Lipinski definition) is 4. The predicted molar refractivity (Wildman–Crippen MR) is 114 cm³/mol. The summed E-state index contributed by atoms with van der Waals surface area (Å²) in [5.41, 5.74) is 3.29. The number of carbonyl (C=O) groups excluding carboxylic acids is 1. The SMILES string of the molecule is Cc1cc(N2CCOCC2C)nc(C(C)C)c1C(=O)NCC1=CC(C)C(F)C=C1. The van der Waals surface area contributed by atoms with Gasteiger partial charge in [-0.3, -0.25) is 4.79 Å². The summed E-state index contributed by atoms with van der Waals surface area (Å²) < 4.78 is 19.1. The van der Waals surface area contributed by atoms with Crippen LogP contribution < -0.4 is 10.2 Å². The Morgan fingerprint density at radius 2 is 2.17 bits per heavy atom. The zero-order valence-corrected chi connectivity index (χ0v) is 18.0. The number of morpholine rings is 1. The highest BCUT2D eigenvalue weighted by Crippen LogP contribution is 2.27. The van der Waals surface area contributed by atoms with E-state index in [1.54, 1.807) is 12.2 Å². The Bertz CT molecular complexity index is 819. The molecule has 2 aliphatic rings. The number of allylic oxidation sites excluding steroid dienone is 2. The monoisotopic (exact) mass is 401 g/mol. The van der Waals surface area contributed by atoms with Crippen molar-refractivity contribution in [2.24, 2.45) is 5.92 Å². The summed E-state index contributed by atoms with van der Waals surface area (Å²) >= 11 is 0. The van der Waals surface area contributed by atoms with Crippen LogP contribution in [0.15, 0.2) is 29.9 Å². The second kappa shape index (κ2) is 9.08. The number of aryl methyl sites for hydroxylation is 1. The van der Waals surface area contributed by atoms with Gasteiger partial charge < -0.3 is 15.0 Å². The molecule has 0 bridgehead atoms. The van der Waals surface area contributed by atoms with Gasteiger partial charge in [0, 0.05) is 19.0 Å². The summed E-state index contributed by atoms with van der Waals surface area (Å²) in [7, 11) is 0. The van der Waals surface area contributed by atoms with Crippen LogP contribution in [0, 0.1) is 12.8 Å². The van der Waals surface area contributed by atoms with Crippen LogP contribution in [0.1, 0.15) is 55.2 Å². The van der Waals surface area contributed by atoms with Crippen LogP contribution in [0.2, 0.25) is 0 Å². The Kier molecular flexibility index (Phi) is 6.73. The molecule has 1 saturated heterocycles. The highest BCUT2D eigenvalue weighted by Gasteiger charge is 2.25. The normalized spacial score (nSPS) is 24.6. The summed E-state index contributed by atoms with van der Waals surface area (Å²) in [6.07, 6.45) is 4.23. The molecule has 1 aromatic heterocycles. The first kappa shape index (κ1) is 21.5. The Morgan fingerprint density at radius 3 is 2.83 bits per heavy atom. The second-order valence-corrected chi connectivity index (χ2v) is 8.42. The van der Waals surface area contributed by atoms with Gasteiger partial charge in [0.2, 0.25) is 0 Å². The van der Waals surface area contributed by atoms with Gasteiger partial charge in [0.15, 0.2) is 0 Å². The fourth-order valence-corrected chi connectivity index (χ4v) is 3.87. The lowest BCUT2D eigenvalue weighted by Gasteiger charge is -2.35. The molecule has 29 heavy (non-hydrogen) atoms. The van der Waals surface area contributed by atoms with E-state index in [0.29, 0.717) is 25.3 Å². The van der Waals surface area contributed by atoms with Crippen molar-refractivity contribution < 1.29 is 13.9 Å². The van der Waals surface area contributed by atoms with E-state index < -0.39 is 6.17 Å². The van der Waals surface area contributed by atoms with Gasteiger partial charge in [-0.2, -0.15) is 0 Å². The zero-order chi connectivity index (χ0) is 21.1. The van der Waals surface area contributed by atoms with Gasteiger partial charge in [-0.25, -0.2) is 9.37 Å². The van der Waals surface area contributed by atoms with E-state index in [1.165, 1.54) is 0 Å². The number of amides is 1. The number of ether oxygens (including phenoxy) is 1. The molecule has 0 saturated carbocycles. The summed E-state index contributed by atoms with van der Waals surface area (Å²) in [5, 5.41) is 2.99. The van der Waals surface area contributed by atoms with Crippen molar-refractivity contribution in [2.45, 2.75) is 52.8 Å². The maximum atomic E-state index is 13.6. The van der Waals surface area contributed by atoms with Crippen LogP contribution in [-0.2, 0) is 4.74 Å². The van der Waals surface area contributed by atoms with E-state index >= 15 is 0 Å². The minimum atomic E-state index is -0.955. The van der Waals surface area contributed by atoms with Gasteiger partial charge in [0.1, 0.15) is 12.0 Å². The number of anilines is 1. The number of nitrogens with one attached hydrogen (secondary N) is 1. The topological polar surface area (TPSA) is 54.5 Å². The first-order valence-corrected chi connectivity index (χ1v) is 10.4. The Morgan fingerprint density at radius 1 is 1.41 bits per heavy atom. The lowest BCUT2D eigenvalue weighted by Crippen LogP contribution is -2.44. The number of nitrogens with zero attached hydrogens (tertiary/aromatic N) is 2. The fourth-order valence-electron chi connectivity index (χ4n) is 3.87. The van der Waals surface area contributed by atoms with Crippen LogP contribution >= 0.6 is 0 Å². The number of carbonyl (C=O) groups is 1. The summed E-state index contributed by atoms with van der Waals surface area (Å²) in [5.74, 6) is 0.715. The van der Waals surface area contributed by atoms with Gasteiger partial charge in [0.05, 0.1) is 30.5 Å². The minimum Gasteiger partial charge on any atom is -0.377 e. The maximum absolute atomic E-state index is 13.6. The number of hydrogen-bond donors (Lipinski definition) is 1. The molecular formula is C23H32FN3O2. The highest BCUT2D eigenvalue weighted by atomic mass is 19.1. The van der Waals surface area contributed by atoms with Crippen molar-refractivity contribution in [1.82, 2.24) is 10.3 Å². The molecular weight excluding hydrogens is 369 g/mol. The van der Waals surface area contributed by atoms with Crippen LogP contribution in [0.25, 0.3) is 0 Å². The third kappa shape index (κ3) is 4.86. The zero-order valence-electron chi connectivity index (χ0n) is 18.0. The van der Waals surface area contributed by atoms with Crippen molar-refractivity contribution >= 4 is 11.7 Å². The molecule has 1 aromatic rings. The molecule has 0 spiro atoms. The van der Waals surface area contributed by atoms with E-state index in [-0.39, 0.29) is 23.8 Å². The average Bonchev–Trinajstić information content (AvgIpc) is 2.68. The standard InChI is InChI=1S/C23H32FN3O2/c1-14(2)22-21(23(28)25-12-18-6-7-19(24)15(3)10-18)16(4)11-20(26-22)27-8-9-29-13-17(27)5/h6-7,10-11,14-15,17,19H,8-9,12-13H2,1-5H3,(H,25,28). The van der Waals surface area contributed by atoms with Crippen molar-refractivity contribution in [3.8, 4) is 0 Å². The molecule has 0 radical (unpaired) electrons. The lowest BCUT2D eigenvalue weighted by molar-refractivity contribution is 0.0953. The third-order valence-corrected chi connectivity index (χ3v) is 5.59. The van der Waals surface area contributed by atoms with Crippen LogP contribution in [0.3, 0.4) is 0 Å². The fraction of sp³-hybridized carbons (Fsp3) is 0.565. The van der Waals surface area contributed by atoms with E-state index in [9.17, 15) is 9.18 Å². The Hall–Kier alpha value is -2.21. The summed E-state index contributed by atoms with van der Waals surface area (Å²) in [4.78, 5) is 20.1. The van der Waals surface area contributed by atoms with E-state index in [2.05, 4.69) is 31.0 Å². The highest BCUT2D eigenvalue weighted by molar-refractivity contribution is 5.97. The molecule has 158 valence electrons. The molecule has 1 N–H and O–H groups in total. The smallest absolute Gasteiger partial charge is 0.253 e. The van der Waals surface area contributed by atoms with Gasteiger partial charge in [-0.15, -0.1) is 0 Å². The quantitative estimate of drug-likeness (QED) is 0.812. The number of aromatic nitrogens is 1. The molecule has 0 aromatic carbocycles. The minimum absolute atomic E-state index is 0.117. The summed E-state index contributed by atoms with van der Waals surface area (Å²) in [6.45, 7) is 12.6. The van der Waals surface area contributed by atoms with Crippen molar-refractivity contribution in [1.29, 1.82) is 0 Å². The Labute approximate surface area is 173 Å². The number of pyridine rings is 1. The third-order valence-electron chi connectivity index (χ3n) is 5.59. The van der Waals surface area contributed by atoms with Gasteiger partial charge >= 0.3 is 0 Å². The van der Waals surface area contributed by atoms with Crippen LogP contribution in [0.5, 0.6) is 0 Å². The maximum Gasteiger partial charge on any atom is 0.253 e. The molecule has 2 heterocycles. The number of alkyl halides is 1. The van der Waals surface area contributed by atoms with E-state index in [4.69, 9.17) is 9.72 Å². The molecule has 3 atom stereocenters. The van der Waals surface area contributed by atoms with Crippen LogP contribution in [-0.4, -0.2) is 49.4 Å². The van der Waals surface area contributed by atoms with Gasteiger partial charge in [-0.1, -0.05) is 32.9 Å². The number of rotatable bonds is 5. The molecule has 3 rings (SSSR count). The van der Waals surface area contributed by atoms with Gasteiger partial charge in [0.25, 0.3) is 5.91 Å².